The maximum atomic E-state index is 3.52. The summed E-state index contributed by atoms with van der Waals surface area (Å²) in [6.07, 6.45) is 7.01. The van der Waals surface area contributed by atoms with Gasteiger partial charge >= 0.3 is 0 Å². The predicted octanol–water partition coefficient (Wildman–Crippen LogP) is 2.84. The monoisotopic (exact) mass is 250 g/mol. The van der Waals surface area contributed by atoms with Crippen LogP contribution in [-0.4, -0.2) is 38.6 Å². The summed E-state index contributed by atoms with van der Waals surface area (Å²) in [5.41, 5.74) is 4.25. The fourth-order valence-corrected chi connectivity index (χ4v) is 4.34. The van der Waals surface area contributed by atoms with E-state index in [1.807, 2.05) is 0 Å². The lowest BCUT2D eigenvalue weighted by Crippen LogP contribution is -2.25. The van der Waals surface area contributed by atoms with Gasteiger partial charge in [-0.2, -0.15) is 10.2 Å². The standard InChI is InChI=1S/C14H22N2S/c1-15-17(4,5)14-12-9-7-6-8-11(12)10-13(14)16(2)3/h6-10,14-15H,1-5H3. The minimum atomic E-state index is -0.865. The molecule has 0 fully saturated rings. The Labute approximate surface area is 106 Å². The van der Waals surface area contributed by atoms with Gasteiger partial charge in [0.2, 0.25) is 0 Å². The van der Waals surface area contributed by atoms with Crippen LogP contribution in [0.1, 0.15) is 16.4 Å². The highest BCUT2D eigenvalue weighted by Crippen LogP contribution is 2.58. The van der Waals surface area contributed by atoms with Crippen LogP contribution in [0.2, 0.25) is 0 Å². The lowest BCUT2D eigenvalue weighted by molar-refractivity contribution is 0.502. The summed E-state index contributed by atoms with van der Waals surface area (Å²) in [6, 6.07) is 8.74. The summed E-state index contributed by atoms with van der Waals surface area (Å²) in [6.45, 7) is 0. The number of nitrogens with one attached hydrogen (secondary N) is 1. The van der Waals surface area contributed by atoms with Crippen molar-refractivity contribution in [1.82, 2.24) is 9.62 Å². The molecule has 1 aromatic carbocycles. The highest BCUT2D eigenvalue weighted by Gasteiger charge is 2.34. The van der Waals surface area contributed by atoms with Crippen LogP contribution in [0.3, 0.4) is 0 Å². The lowest BCUT2D eigenvalue weighted by atomic mass is 10.1. The van der Waals surface area contributed by atoms with Gasteiger partial charge in [-0.3, -0.25) is 4.72 Å². The summed E-state index contributed by atoms with van der Waals surface area (Å²) >= 11 is 0. The van der Waals surface area contributed by atoms with E-state index in [4.69, 9.17) is 0 Å². The maximum absolute atomic E-state index is 3.52. The summed E-state index contributed by atoms with van der Waals surface area (Å²) in [5, 5.41) is 0.499. The third-order valence-electron chi connectivity index (χ3n) is 3.48. The van der Waals surface area contributed by atoms with Gasteiger partial charge in [0.15, 0.2) is 0 Å². The van der Waals surface area contributed by atoms with Crippen molar-refractivity contribution < 1.29 is 0 Å². The summed E-state index contributed by atoms with van der Waals surface area (Å²) in [4.78, 5) is 2.25. The molecule has 3 heteroatoms. The number of likely N-dealkylation sites (N-methyl/N-ethyl adjacent to an activating group) is 1. The number of fused-ring (bicyclic) bond motifs is 1. The molecule has 1 unspecified atom stereocenters. The largest absolute Gasteiger partial charge is 0.380 e. The molecule has 0 heterocycles. The van der Waals surface area contributed by atoms with Gasteiger partial charge in [-0.25, -0.2) is 0 Å². The Hall–Kier alpha value is -0.930. The molecule has 0 saturated carbocycles. The molecular formula is C14H22N2S. The molecule has 0 saturated heterocycles. The van der Waals surface area contributed by atoms with Crippen molar-refractivity contribution in [2.24, 2.45) is 0 Å². The second-order valence-electron chi connectivity index (χ2n) is 5.08. The molecule has 1 atom stereocenters. The first-order chi connectivity index (χ1) is 7.97. The van der Waals surface area contributed by atoms with E-state index in [1.54, 1.807) is 0 Å². The van der Waals surface area contributed by atoms with Gasteiger partial charge in [0.05, 0.1) is 5.25 Å². The van der Waals surface area contributed by atoms with Gasteiger partial charge in [-0.15, -0.1) is 0 Å². The molecule has 94 valence electrons. The first-order valence-electron chi connectivity index (χ1n) is 5.86. The summed E-state index contributed by atoms with van der Waals surface area (Å²) in [7, 11) is 5.48. The average molecular weight is 250 g/mol. The number of rotatable bonds is 3. The van der Waals surface area contributed by atoms with E-state index in [9.17, 15) is 0 Å². The topological polar surface area (TPSA) is 15.3 Å². The zero-order valence-electron chi connectivity index (χ0n) is 11.3. The normalized spacial score (nSPS) is 19.8. The second-order valence-corrected chi connectivity index (χ2v) is 8.77. The zero-order chi connectivity index (χ0) is 12.6. The van der Waals surface area contributed by atoms with Gasteiger partial charge in [0, 0.05) is 19.8 Å². The molecule has 0 radical (unpaired) electrons. The highest BCUT2D eigenvalue weighted by atomic mass is 32.3. The first kappa shape index (κ1) is 12.5. The van der Waals surface area contributed by atoms with E-state index in [0.717, 1.165) is 0 Å². The fourth-order valence-electron chi connectivity index (χ4n) is 2.38. The van der Waals surface area contributed by atoms with Crippen molar-refractivity contribution in [3.63, 3.8) is 0 Å². The van der Waals surface area contributed by atoms with E-state index in [-0.39, 0.29) is 0 Å². The van der Waals surface area contributed by atoms with E-state index in [2.05, 4.69) is 73.6 Å². The number of hydrogen-bond donors (Lipinski definition) is 1. The van der Waals surface area contributed by atoms with Crippen molar-refractivity contribution in [2.45, 2.75) is 5.25 Å². The van der Waals surface area contributed by atoms with Gasteiger partial charge in [-0.1, -0.05) is 24.3 Å². The van der Waals surface area contributed by atoms with Gasteiger partial charge in [-0.05, 0) is 36.8 Å². The lowest BCUT2D eigenvalue weighted by Gasteiger charge is -2.41. The Bertz CT molecular complexity index is 449. The molecular weight excluding hydrogens is 228 g/mol. The predicted molar refractivity (Wildman–Crippen MR) is 79.3 cm³/mol. The molecule has 1 aliphatic carbocycles. The molecule has 0 aliphatic heterocycles. The average Bonchev–Trinajstić information content (AvgIpc) is 2.69. The SMILES string of the molecule is CNS(C)(C)C1C(N(C)C)=Cc2ccccc21. The van der Waals surface area contributed by atoms with Gasteiger partial charge in [0.25, 0.3) is 0 Å². The number of benzene rings is 1. The van der Waals surface area contributed by atoms with Crippen molar-refractivity contribution in [3.8, 4) is 0 Å². The Morgan fingerprint density at radius 1 is 1.18 bits per heavy atom. The molecule has 1 N–H and O–H groups in total. The Balaban J connectivity index is 2.52. The molecule has 0 aromatic heterocycles. The quantitative estimate of drug-likeness (QED) is 0.887. The van der Waals surface area contributed by atoms with Crippen LogP contribution in [-0.2, 0) is 0 Å². The minimum absolute atomic E-state index is 0.499. The number of nitrogens with zero attached hydrogens (tertiary/aromatic N) is 1. The molecule has 0 bridgehead atoms. The first-order valence-corrected chi connectivity index (χ1v) is 8.37. The zero-order valence-corrected chi connectivity index (χ0v) is 12.1. The van der Waals surface area contributed by atoms with E-state index in [0.29, 0.717) is 5.25 Å². The van der Waals surface area contributed by atoms with Crippen LogP contribution in [0.4, 0.5) is 0 Å². The molecule has 2 nitrogen and oxygen atoms in total. The van der Waals surface area contributed by atoms with Crippen LogP contribution in [0.15, 0.2) is 30.0 Å². The molecule has 0 spiro atoms. The van der Waals surface area contributed by atoms with Gasteiger partial charge in [0.1, 0.15) is 0 Å². The smallest absolute Gasteiger partial charge is 0.0653 e. The Morgan fingerprint density at radius 3 is 2.41 bits per heavy atom. The molecule has 17 heavy (non-hydrogen) atoms. The van der Waals surface area contributed by atoms with Crippen LogP contribution in [0.5, 0.6) is 0 Å². The Kier molecular flexibility index (Phi) is 3.23. The van der Waals surface area contributed by atoms with Crippen molar-refractivity contribution in [1.29, 1.82) is 0 Å². The summed E-state index contributed by atoms with van der Waals surface area (Å²) < 4.78 is 3.52. The molecule has 1 aliphatic rings. The number of hydrogen-bond acceptors (Lipinski definition) is 2. The van der Waals surface area contributed by atoms with Crippen molar-refractivity contribution >= 4 is 16.3 Å². The van der Waals surface area contributed by atoms with Crippen molar-refractivity contribution in [3.05, 3.63) is 41.1 Å². The van der Waals surface area contributed by atoms with Crippen LogP contribution in [0, 0.1) is 0 Å². The second kappa shape index (κ2) is 4.39. The van der Waals surface area contributed by atoms with E-state index < -0.39 is 10.2 Å². The fraction of sp³-hybridized carbons (Fsp3) is 0.429. The molecule has 0 amide bonds. The third kappa shape index (κ3) is 2.09. The maximum Gasteiger partial charge on any atom is 0.0653 e. The molecule has 2 rings (SSSR count). The third-order valence-corrected chi connectivity index (χ3v) is 6.21. The summed E-state index contributed by atoms with van der Waals surface area (Å²) in [5.74, 6) is 0. The highest BCUT2D eigenvalue weighted by molar-refractivity contribution is 8.31. The van der Waals surface area contributed by atoms with Gasteiger partial charge < -0.3 is 4.90 Å². The van der Waals surface area contributed by atoms with E-state index >= 15 is 0 Å². The van der Waals surface area contributed by atoms with E-state index in [1.165, 1.54) is 16.8 Å². The van der Waals surface area contributed by atoms with Crippen molar-refractivity contribution in [2.75, 3.05) is 33.7 Å². The molecule has 1 aromatic rings. The minimum Gasteiger partial charge on any atom is -0.380 e. The Morgan fingerprint density at radius 2 is 1.82 bits per heavy atom. The van der Waals surface area contributed by atoms with Crippen LogP contribution < -0.4 is 4.72 Å². The van der Waals surface area contributed by atoms with Crippen LogP contribution in [0.25, 0.3) is 6.08 Å². The van der Waals surface area contributed by atoms with Crippen LogP contribution >= 0.6 is 10.2 Å².